The third-order valence-corrected chi connectivity index (χ3v) is 4.45. The largest absolute Gasteiger partial charge is 0.480 e. The Morgan fingerprint density at radius 3 is 2.64 bits per heavy atom. The second-order valence-corrected chi connectivity index (χ2v) is 5.61. The van der Waals surface area contributed by atoms with E-state index in [0.29, 0.717) is 17.0 Å². The first-order chi connectivity index (χ1) is 12.2. The fraction of sp³-hybridized carbons (Fsp3) is 0.222. The van der Waals surface area contributed by atoms with Crippen molar-refractivity contribution in [1.82, 2.24) is 9.97 Å². The summed E-state index contributed by atoms with van der Waals surface area (Å²) in [7, 11) is 2.98. The molecule has 2 aromatic rings. The summed E-state index contributed by atoms with van der Waals surface area (Å²) < 4.78 is 10.6. The number of hydrogen-bond donors (Lipinski definition) is 0. The van der Waals surface area contributed by atoms with Crippen molar-refractivity contribution in [2.24, 2.45) is 0 Å². The quantitative estimate of drug-likeness (QED) is 0.779. The van der Waals surface area contributed by atoms with Gasteiger partial charge in [0, 0.05) is 17.7 Å². The predicted molar refractivity (Wildman–Crippen MR) is 89.5 cm³/mol. The Morgan fingerprint density at radius 2 is 1.96 bits per heavy atom. The molecule has 0 fully saturated rings. The van der Waals surface area contributed by atoms with Gasteiger partial charge < -0.3 is 14.4 Å². The molecule has 2 aliphatic heterocycles. The van der Waals surface area contributed by atoms with Crippen LogP contribution >= 0.6 is 0 Å². The third kappa shape index (κ3) is 1.96. The number of hydrogen-bond acceptors (Lipinski definition) is 7. The van der Waals surface area contributed by atoms with Gasteiger partial charge in [0.25, 0.3) is 0 Å². The van der Waals surface area contributed by atoms with E-state index in [4.69, 9.17) is 9.47 Å². The van der Waals surface area contributed by atoms with Crippen LogP contribution in [0.4, 0.5) is 11.5 Å². The van der Waals surface area contributed by atoms with Crippen molar-refractivity contribution >= 4 is 17.1 Å². The van der Waals surface area contributed by atoms with E-state index in [2.05, 4.69) is 20.9 Å². The second-order valence-electron chi connectivity index (χ2n) is 5.61. The molecule has 4 rings (SSSR count). The van der Waals surface area contributed by atoms with E-state index in [-0.39, 0.29) is 17.5 Å². The number of allylic oxidation sites excluding steroid dienone is 1. The number of methoxy groups -OCH3 is 2. The molecule has 3 heterocycles. The number of rotatable bonds is 2. The molecule has 25 heavy (non-hydrogen) atoms. The van der Waals surface area contributed by atoms with E-state index in [1.165, 1.54) is 14.2 Å². The zero-order valence-electron chi connectivity index (χ0n) is 13.7. The summed E-state index contributed by atoms with van der Waals surface area (Å²) in [6, 6.07) is 10.1. The molecule has 0 amide bonds. The molecular weight excluding hydrogens is 318 g/mol. The van der Waals surface area contributed by atoms with Crippen LogP contribution in [0.5, 0.6) is 11.9 Å². The minimum absolute atomic E-state index is 0.00765. The zero-order chi connectivity index (χ0) is 17.6. The Balaban J connectivity index is 2.16. The SMILES string of the molecule is COc1nc(OC)c2c(n1)N1CCc3cccc(c31)C2=C(C#N)C#N. The maximum absolute atomic E-state index is 9.49. The number of para-hydroxylation sites is 1. The van der Waals surface area contributed by atoms with Crippen LogP contribution in [0.1, 0.15) is 16.7 Å². The highest BCUT2D eigenvalue weighted by molar-refractivity contribution is 6.02. The third-order valence-electron chi connectivity index (χ3n) is 4.45. The van der Waals surface area contributed by atoms with Gasteiger partial charge in [0.1, 0.15) is 17.7 Å². The van der Waals surface area contributed by atoms with E-state index in [1.807, 2.05) is 24.3 Å². The van der Waals surface area contributed by atoms with E-state index < -0.39 is 0 Å². The molecule has 0 saturated heterocycles. The minimum atomic E-state index is 0.00765. The molecule has 0 spiro atoms. The molecule has 0 bridgehead atoms. The molecule has 1 aromatic heterocycles. The summed E-state index contributed by atoms with van der Waals surface area (Å²) in [6.45, 7) is 0.754. The van der Waals surface area contributed by atoms with Crippen molar-refractivity contribution in [3.05, 3.63) is 40.5 Å². The van der Waals surface area contributed by atoms with E-state index >= 15 is 0 Å². The lowest BCUT2D eigenvalue weighted by Crippen LogP contribution is -2.23. The summed E-state index contributed by atoms with van der Waals surface area (Å²) in [4.78, 5) is 10.8. The van der Waals surface area contributed by atoms with Crippen LogP contribution < -0.4 is 14.4 Å². The Morgan fingerprint density at radius 1 is 1.16 bits per heavy atom. The molecule has 2 aliphatic rings. The van der Waals surface area contributed by atoms with Crippen molar-refractivity contribution < 1.29 is 9.47 Å². The number of benzene rings is 1. The first-order valence-electron chi connectivity index (χ1n) is 7.68. The second kappa shape index (κ2) is 5.50. The average Bonchev–Trinajstić information content (AvgIpc) is 3.09. The highest BCUT2D eigenvalue weighted by atomic mass is 16.5. The van der Waals surface area contributed by atoms with Crippen molar-refractivity contribution in [2.75, 3.05) is 25.7 Å². The number of aromatic nitrogens is 2. The first-order valence-corrected chi connectivity index (χ1v) is 7.68. The van der Waals surface area contributed by atoms with Crippen LogP contribution in [0, 0.1) is 22.7 Å². The number of anilines is 2. The van der Waals surface area contributed by atoms with Gasteiger partial charge in [-0.1, -0.05) is 18.2 Å². The Kier molecular flexibility index (Phi) is 3.29. The first kappa shape index (κ1) is 15.0. The molecule has 1 aromatic carbocycles. The normalized spacial score (nSPS) is 13.4. The Bertz CT molecular complexity index is 997. The molecule has 122 valence electrons. The van der Waals surface area contributed by atoms with Crippen LogP contribution in [0.3, 0.4) is 0 Å². The van der Waals surface area contributed by atoms with Gasteiger partial charge in [0.2, 0.25) is 5.88 Å². The van der Waals surface area contributed by atoms with Gasteiger partial charge in [0.15, 0.2) is 5.82 Å². The predicted octanol–water partition coefficient (Wildman–Crippen LogP) is 2.35. The van der Waals surface area contributed by atoms with Gasteiger partial charge in [-0.05, 0) is 12.0 Å². The summed E-state index contributed by atoms with van der Waals surface area (Å²) >= 11 is 0. The number of nitriles is 2. The number of ether oxygens (including phenoxy) is 2. The topological polar surface area (TPSA) is 95.1 Å². The summed E-state index contributed by atoms with van der Waals surface area (Å²) in [5.74, 6) is 0.877. The maximum Gasteiger partial charge on any atom is 0.321 e. The van der Waals surface area contributed by atoms with Gasteiger partial charge in [-0.25, -0.2) is 0 Å². The average molecular weight is 331 g/mol. The number of fused-ring (bicyclic) bond motifs is 2. The van der Waals surface area contributed by atoms with Gasteiger partial charge in [-0.3, -0.25) is 0 Å². The smallest absolute Gasteiger partial charge is 0.321 e. The molecule has 0 aliphatic carbocycles. The van der Waals surface area contributed by atoms with Crippen LogP contribution in [0.25, 0.3) is 5.57 Å². The molecule has 7 nitrogen and oxygen atoms in total. The maximum atomic E-state index is 9.49. The Labute approximate surface area is 144 Å². The molecule has 0 atom stereocenters. The fourth-order valence-corrected chi connectivity index (χ4v) is 3.46. The molecule has 0 N–H and O–H groups in total. The van der Waals surface area contributed by atoms with Crippen LogP contribution in [0.2, 0.25) is 0 Å². The molecule has 0 saturated carbocycles. The molecule has 0 radical (unpaired) electrons. The van der Waals surface area contributed by atoms with Crippen molar-refractivity contribution in [1.29, 1.82) is 10.5 Å². The van der Waals surface area contributed by atoms with E-state index in [0.717, 1.165) is 29.8 Å². The summed E-state index contributed by atoms with van der Waals surface area (Å²) in [5.41, 5.74) is 4.03. The van der Waals surface area contributed by atoms with Crippen LogP contribution in [0.15, 0.2) is 23.8 Å². The van der Waals surface area contributed by atoms with Crippen molar-refractivity contribution in [3.8, 4) is 24.0 Å². The Hall–Kier alpha value is -3.58. The molecular formula is C18H13N5O2. The summed E-state index contributed by atoms with van der Waals surface area (Å²) in [5, 5.41) is 19.0. The van der Waals surface area contributed by atoms with Gasteiger partial charge in [-0.2, -0.15) is 20.5 Å². The lowest BCUT2D eigenvalue weighted by molar-refractivity contribution is 0.351. The number of nitrogens with zero attached hydrogens (tertiary/aromatic N) is 5. The minimum Gasteiger partial charge on any atom is -0.480 e. The van der Waals surface area contributed by atoms with Gasteiger partial charge in [-0.15, -0.1) is 0 Å². The van der Waals surface area contributed by atoms with E-state index in [9.17, 15) is 10.5 Å². The standard InChI is InChI=1S/C18H13N5O2/c1-24-17-14-13(11(8-19)9-20)12-5-3-4-10-6-7-23(15(10)12)16(14)21-18(22-17)25-2/h3-5H,6-7H2,1-2H3. The van der Waals surface area contributed by atoms with Crippen molar-refractivity contribution in [3.63, 3.8) is 0 Å². The fourth-order valence-electron chi connectivity index (χ4n) is 3.46. The highest BCUT2D eigenvalue weighted by Crippen LogP contribution is 2.52. The van der Waals surface area contributed by atoms with Crippen LogP contribution in [-0.2, 0) is 6.42 Å². The zero-order valence-corrected chi connectivity index (χ0v) is 13.7. The lowest BCUT2D eigenvalue weighted by Gasteiger charge is -2.31. The monoisotopic (exact) mass is 331 g/mol. The van der Waals surface area contributed by atoms with E-state index in [1.54, 1.807) is 0 Å². The molecule has 7 heteroatoms. The van der Waals surface area contributed by atoms with Gasteiger partial charge >= 0.3 is 6.01 Å². The molecule has 0 unspecified atom stereocenters. The summed E-state index contributed by atoms with van der Waals surface area (Å²) in [6.07, 6.45) is 0.860. The lowest BCUT2D eigenvalue weighted by atomic mass is 9.89. The highest BCUT2D eigenvalue weighted by Gasteiger charge is 2.37. The van der Waals surface area contributed by atoms with Gasteiger partial charge in [0.05, 0.1) is 25.5 Å². The van der Waals surface area contributed by atoms with Crippen molar-refractivity contribution in [2.45, 2.75) is 6.42 Å². The van der Waals surface area contributed by atoms with Crippen LogP contribution in [-0.4, -0.2) is 30.7 Å².